The van der Waals surface area contributed by atoms with Gasteiger partial charge in [-0.2, -0.15) is 0 Å². The zero-order chi connectivity index (χ0) is 24.1. The van der Waals surface area contributed by atoms with Crippen LogP contribution in [0.1, 0.15) is 70.7 Å². The van der Waals surface area contributed by atoms with Crippen LogP contribution in [0, 0.1) is 17.8 Å². The van der Waals surface area contributed by atoms with E-state index < -0.39 is 0 Å². The summed E-state index contributed by atoms with van der Waals surface area (Å²) in [6.45, 7) is 6.79. The van der Waals surface area contributed by atoms with Gasteiger partial charge in [0, 0.05) is 17.5 Å². The monoisotopic (exact) mass is 483 g/mol. The molecule has 34 heavy (non-hydrogen) atoms. The van der Waals surface area contributed by atoms with Gasteiger partial charge >= 0.3 is 0 Å². The Labute approximate surface area is 206 Å². The number of hydrogen-bond donors (Lipinski definition) is 1. The minimum Gasteiger partial charge on any atom is -0.497 e. The molecule has 4 fully saturated rings. The van der Waals surface area contributed by atoms with E-state index in [4.69, 9.17) is 10.6 Å². The first-order valence-electron chi connectivity index (χ1n) is 12.4. The fourth-order valence-electron chi connectivity index (χ4n) is 6.96. The van der Waals surface area contributed by atoms with Gasteiger partial charge in [-0.25, -0.2) is 4.68 Å². The average molecular weight is 484 g/mol. The number of nitrogens with two attached hydrogens (primary N) is 1. The number of rotatable bonds is 7. The lowest BCUT2D eigenvalue weighted by atomic mass is 9.52. The standard InChI is InChI=1S/C26H37N5O2S/c1-25(2,3)23-28-29-24(31(23)27)34-16-22(32)30(15-17-6-5-7-21(11-17)33-4)26-12-18-8-19(13-26)10-20(9-18)14-26/h5-7,11,18-20H,8-10,12-16,27H2,1-4H3. The van der Waals surface area contributed by atoms with E-state index in [1.54, 1.807) is 7.11 Å². The first-order valence-corrected chi connectivity index (χ1v) is 13.4. The number of amides is 1. The minimum absolute atomic E-state index is 0.0254. The van der Waals surface area contributed by atoms with Crippen molar-refractivity contribution in [2.45, 2.75) is 82.0 Å². The molecule has 0 unspecified atom stereocenters. The van der Waals surface area contributed by atoms with Crippen molar-refractivity contribution in [3.8, 4) is 5.75 Å². The second kappa shape index (κ2) is 8.77. The third-order valence-corrected chi connectivity index (χ3v) is 8.94. The molecule has 4 bridgehead atoms. The van der Waals surface area contributed by atoms with E-state index in [2.05, 4.69) is 48.0 Å². The molecule has 0 atom stereocenters. The first-order chi connectivity index (χ1) is 16.2. The van der Waals surface area contributed by atoms with E-state index >= 15 is 0 Å². The minimum atomic E-state index is -0.206. The van der Waals surface area contributed by atoms with Crippen molar-refractivity contribution in [1.29, 1.82) is 0 Å². The summed E-state index contributed by atoms with van der Waals surface area (Å²) in [4.78, 5) is 16.1. The average Bonchev–Trinajstić information content (AvgIpc) is 3.15. The Kier molecular flexibility index (Phi) is 6.07. The SMILES string of the molecule is COc1cccc(CN(C(=O)CSc2nnc(C(C)(C)C)n2N)C23CC4CC(CC(C4)C2)C3)c1. The van der Waals surface area contributed by atoms with Crippen LogP contribution in [0.15, 0.2) is 29.4 Å². The summed E-state index contributed by atoms with van der Waals surface area (Å²) in [5, 5.41) is 9.14. The maximum Gasteiger partial charge on any atom is 0.233 e. The molecule has 1 aromatic carbocycles. The maximum atomic E-state index is 13.9. The highest BCUT2D eigenvalue weighted by atomic mass is 32.2. The summed E-state index contributed by atoms with van der Waals surface area (Å²) in [6, 6.07) is 8.12. The highest BCUT2D eigenvalue weighted by Crippen LogP contribution is 2.58. The quantitative estimate of drug-likeness (QED) is 0.464. The van der Waals surface area contributed by atoms with Crippen LogP contribution in [0.2, 0.25) is 0 Å². The Balaban J connectivity index is 1.39. The van der Waals surface area contributed by atoms with Crippen LogP contribution in [0.3, 0.4) is 0 Å². The lowest BCUT2D eigenvalue weighted by Gasteiger charge is -2.60. The lowest BCUT2D eigenvalue weighted by Crippen LogP contribution is -2.61. The number of aromatic nitrogens is 3. The molecule has 0 radical (unpaired) electrons. The van der Waals surface area contributed by atoms with Crippen molar-refractivity contribution in [2.75, 3.05) is 18.7 Å². The van der Waals surface area contributed by atoms with Gasteiger partial charge in [-0.05, 0) is 74.0 Å². The van der Waals surface area contributed by atoms with Crippen LogP contribution in [-0.2, 0) is 16.8 Å². The summed E-state index contributed by atoms with van der Waals surface area (Å²) in [5.74, 6) is 10.6. The molecule has 4 saturated carbocycles. The van der Waals surface area contributed by atoms with Crippen molar-refractivity contribution in [3.63, 3.8) is 0 Å². The third kappa shape index (κ3) is 4.41. The van der Waals surface area contributed by atoms with Crippen LogP contribution >= 0.6 is 11.8 Å². The van der Waals surface area contributed by atoms with E-state index in [1.165, 1.54) is 35.7 Å². The van der Waals surface area contributed by atoms with Gasteiger partial charge in [0.2, 0.25) is 11.1 Å². The van der Waals surface area contributed by atoms with Crippen molar-refractivity contribution in [2.24, 2.45) is 17.8 Å². The summed E-state index contributed by atoms with van der Waals surface area (Å²) in [5.41, 5.74) is 0.885. The number of hydrogen-bond acceptors (Lipinski definition) is 6. The van der Waals surface area contributed by atoms with Crippen LogP contribution in [-0.4, -0.2) is 44.1 Å². The van der Waals surface area contributed by atoms with Crippen LogP contribution in [0.5, 0.6) is 5.75 Å². The number of carbonyl (C=O) groups excluding carboxylic acids is 1. The molecule has 6 rings (SSSR count). The second-order valence-corrected chi connectivity index (χ2v) is 12.6. The van der Waals surface area contributed by atoms with E-state index in [-0.39, 0.29) is 16.9 Å². The predicted molar refractivity (Wildman–Crippen MR) is 134 cm³/mol. The topological polar surface area (TPSA) is 86.3 Å². The molecule has 0 aliphatic heterocycles. The second-order valence-electron chi connectivity index (χ2n) is 11.7. The largest absolute Gasteiger partial charge is 0.497 e. The Morgan fingerprint density at radius 3 is 2.38 bits per heavy atom. The van der Waals surface area contributed by atoms with Crippen LogP contribution < -0.4 is 10.6 Å². The number of nitrogen functional groups attached to an aromatic ring is 1. The van der Waals surface area contributed by atoms with Gasteiger partial charge in [0.05, 0.1) is 12.9 Å². The summed E-state index contributed by atoms with van der Waals surface area (Å²) in [6.07, 6.45) is 7.46. The molecule has 2 aromatic rings. The molecule has 1 aromatic heterocycles. The maximum absolute atomic E-state index is 13.9. The summed E-state index contributed by atoms with van der Waals surface area (Å²) < 4.78 is 6.99. The molecule has 4 aliphatic carbocycles. The van der Waals surface area contributed by atoms with Crippen molar-refractivity contribution >= 4 is 17.7 Å². The van der Waals surface area contributed by atoms with E-state index in [1.807, 2.05) is 12.1 Å². The normalized spacial score (nSPS) is 27.7. The Bertz CT molecular complexity index is 1020. The Morgan fingerprint density at radius 2 is 1.82 bits per heavy atom. The van der Waals surface area contributed by atoms with Gasteiger partial charge < -0.3 is 15.5 Å². The first kappa shape index (κ1) is 23.5. The molecule has 4 aliphatic rings. The van der Waals surface area contributed by atoms with E-state index in [0.717, 1.165) is 54.2 Å². The molecular formula is C26H37N5O2S. The predicted octanol–water partition coefficient (Wildman–Crippen LogP) is 4.39. The number of methoxy groups -OCH3 is 1. The van der Waals surface area contributed by atoms with Crippen molar-refractivity contribution in [1.82, 2.24) is 19.8 Å². The third-order valence-electron chi connectivity index (χ3n) is 8.01. The molecule has 2 N–H and O–H groups in total. The Morgan fingerprint density at radius 1 is 1.18 bits per heavy atom. The fourth-order valence-corrected chi connectivity index (χ4v) is 7.69. The van der Waals surface area contributed by atoms with Gasteiger partial charge in [-0.15, -0.1) is 10.2 Å². The van der Waals surface area contributed by atoms with Gasteiger partial charge in [0.1, 0.15) is 5.75 Å². The number of thioether (sulfide) groups is 1. The smallest absolute Gasteiger partial charge is 0.233 e. The molecule has 1 amide bonds. The Hall–Kier alpha value is -2.22. The van der Waals surface area contributed by atoms with Crippen LogP contribution in [0.4, 0.5) is 0 Å². The highest BCUT2D eigenvalue weighted by molar-refractivity contribution is 7.99. The number of ether oxygens (including phenoxy) is 1. The highest BCUT2D eigenvalue weighted by Gasteiger charge is 2.54. The molecule has 7 nitrogen and oxygen atoms in total. The van der Waals surface area contributed by atoms with Gasteiger partial charge in [-0.3, -0.25) is 4.79 Å². The lowest BCUT2D eigenvalue weighted by molar-refractivity contribution is -0.149. The van der Waals surface area contributed by atoms with Crippen molar-refractivity contribution in [3.05, 3.63) is 35.7 Å². The van der Waals surface area contributed by atoms with E-state index in [9.17, 15) is 4.79 Å². The van der Waals surface area contributed by atoms with Gasteiger partial charge in [-0.1, -0.05) is 44.7 Å². The van der Waals surface area contributed by atoms with Crippen molar-refractivity contribution < 1.29 is 9.53 Å². The van der Waals surface area contributed by atoms with Gasteiger partial charge in [0.25, 0.3) is 0 Å². The molecule has 8 heteroatoms. The number of carbonyl (C=O) groups is 1. The van der Waals surface area contributed by atoms with E-state index in [0.29, 0.717) is 17.5 Å². The molecule has 0 spiro atoms. The fraction of sp³-hybridized carbons (Fsp3) is 0.654. The van der Waals surface area contributed by atoms with Gasteiger partial charge in [0.15, 0.2) is 5.82 Å². The number of benzene rings is 1. The number of nitrogens with zero attached hydrogens (tertiary/aromatic N) is 4. The zero-order valence-corrected chi connectivity index (χ0v) is 21.6. The molecule has 1 heterocycles. The molecule has 0 saturated heterocycles. The molecule has 184 valence electrons. The summed E-state index contributed by atoms with van der Waals surface area (Å²) in [7, 11) is 1.69. The summed E-state index contributed by atoms with van der Waals surface area (Å²) >= 11 is 1.39. The molecular weight excluding hydrogens is 446 g/mol. The zero-order valence-electron chi connectivity index (χ0n) is 20.8. The van der Waals surface area contributed by atoms with Crippen LogP contribution in [0.25, 0.3) is 0 Å².